The van der Waals surface area contributed by atoms with Crippen LogP contribution in [0.25, 0.3) is 37.2 Å². The molecule has 5 aromatic carbocycles. The second-order valence-corrected chi connectivity index (χ2v) is 7.83. The second-order valence-electron chi connectivity index (χ2n) is 7.83. The van der Waals surface area contributed by atoms with Crippen LogP contribution in [0.15, 0.2) is 78.9 Å². The van der Waals surface area contributed by atoms with Crippen LogP contribution in [0.2, 0.25) is 0 Å². The van der Waals surface area contributed by atoms with E-state index in [1.807, 2.05) is 0 Å². The zero-order valence-electron chi connectivity index (χ0n) is 17.1. The fourth-order valence-electron chi connectivity index (χ4n) is 4.35. The van der Waals surface area contributed by atoms with Gasteiger partial charge < -0.3 is 4.74 Å². The van der Waals surface area contributed by atoms with Gasteiger partial charge in [-0.2, -0.15) is 0 Å². The van der Waals surface area contributed by atoms with Crippen molar-refractivity contribution >= 4 is 44.0 Å². The van der Waals surface area contributed by atoms with E-state index in [0.29, 0.717) is 17.9 Å². The fourth-order valence-corrected chi connectivity index (χ4v) is 4.35. The summed E-state index contributed by atoms with van der Waals surface area (Å²) in [5.74, 6) is -0.334. The Bertz CT molecular complexity index is 1410. The van der Waals surface area contributed by atoms with Crippen LogP contribution in [0, 0.1) is 6.57 Å². The second kappa shape index (κ2) is 8.08. The summed E-state index contributed by atoms with van der Waals surface area (Å²) in [6.07, 6.45) is 2.72. The van der Waals surface area contributed by atoms with E-state index >= 15 is 0 Å². The van der Waals surface area contributed by atoms with Gasteiger partial charge >= 0.3 is 5.97 Å². The SMILES string of the molecule is [C-]#[N+]c1ccc(C(=O)OCCCCc2ccc3ccc4cccc5ccc2c3c45)cc1. The maximum atomic E-state index is 12.1. The highest BCUT2D eigenvalue weighted by molar-refractivity contribution is 6.23. The van der Waals surface area contributed by atoms with Gasteiger partial charge in [0.05, 0.1) is 18.7 Å². The zero-order valence-corrected chi connectivity index (χ0v) is 17.1. The average Bonchev–Trinajstić information content (AvgIpc) is 2.83. The molecule has 0 amide bonds. The van der Waals surface area contributed by atoms with Crippen molar-refractivity contribution in [2.24, 2.45) is 0 Å². The van der Waals surface area contributed by atoms with Crippen LogP contribution >= 0.6 is 0 Å². The van der Waals surface area contributed by atoms with Crippen LogP contribution < -0.4 is 0 Å². The summed E-state index contributed by atoms with van der Waals surface area (Å²) in [4.78, 5) is 15.5. The summed E-state index contributed by atoms with van der Waals surface area (Å²) in [7, 11) is 0. The van der Waals surface area contributed by atoms with E-state index < -0.39 is 0 Å². The summed E-state index contributed by atoms with van der Waals surface area (Å²) < 4.78 is 5.40. The van der Waals surface area contributed by atoms with Gasteiger partial charge in [-0.1, -0.05) is 78.9 Å². The number of unbranched alkanes of at least 4 members (excludes halogenated alkanes) is 1. The van der Waals surface area contributed by atoms with E-state index in [0.717, 1.165) is 19.3 Å². The molecule has 0 saturated carbocycles. The molecule has 150 valence electrons. The first-order chi connectivity index (χ1) is 15.2. The standard InChI is InChI=1S/C28H21NO2/c1-29-24-15-12-23(13-16-24)28(30)31-18-3-2-5-19-8-9-22-11-10-20-6-4-7-21-14-17-25(19)27(22)26(20)21/h4,6-17H,2-3,5,18H2. The van der Waals surface area contributed by atoms with Crippen molar-refractivity contribution in [2.45, 2.75) is 19.3 Å². The number of rotatable bonds is 6. The first kappa shape index (κ1) is 19.1. The Kier molecular flexibility index (Phi) is 4.98. The quantitative estimate of drug-likeness (QED) is 0.129. The molecule has 3 nitrogen and oxygen atoms in total. The molecular formula is C28H21NO2. The summed E-state index contributed by atoms with van der Waals surface area (Å²) in [5.41, 5.74) is 2.34. The normalized spacial score (nSPS) is 11.2. The number of hydrogen-bond acceptors (Lipinski definition) is 2. The van der Waals surface area contributed by atoms with Crippen molar-refractivity contribution in [2.75, 3.05) is 6.61 Å². The lowest BCUT2D eigenvalue weighted by molar-refractivity contribution is 0.0498. The average molecular weight is 403 g/mol. The molecule has 0 N–H and O–H groups in total. The van der Waals surface area contributed by atoms with E-state index in [9.17, 15) is 4.79 Å². The molecule has 0 aliphatic carbocycles. The molecule has 0 aliphatic heterocycles. The van der Waals surface area contributed by atoms with Gasteiger partial charge in [-0.05, 0) is 57.1 Å². The summed E-state index contributed by atoms with van der Waals surface area (Å²) in [5, 5.41) is 7.85. The minimum atomic E-state index is -0.334. The Hall–Kier alpha value is -3.90. The molecular weight excluding hydrogens is 382 g/mol. The Morgan fingerprint density at radius 1 is 0.774 bits per heavy atom. The number of carbonyl (C=O) groups is 1. The number of nitrogens with zero attached hydrogens (tertiary/aromatic N) is 1. The molecule has 5 aromatic rings. The van der Waals surface area contributed by atoms with E-state index in [-0.39, 0.29) is 5.97 Å². The van der Waals surface area contributed by atoms with E-state index in [1.54, 1.807) is 24.3 Å². The van der Waals surface area contributed by atoms with Crippen molar-refractivity contribution in [3.63, 3.8) is 0 Å². The van der Waals surface area contributed by atoms with E-state index in [2.05, 4.69) is 59.4 Å². The fraction of sp³-hybridized carbons (Fsp3) is 0.143. The number of hydrogen-bond donors (Lipinski definition) is 0. The third kappa shape index (κ3) is 3.58. The molecule has 0 unspecified atom stereocenters. The number of carbonyl (C=O) groups excluding carboxylic acids is 1. The van der Waals surface area contributed by atoms with Crippen molar-refractivity contribution in [3.05, 3.63) is 101 Å². The van der Waals surface area contributed by atoms with Crippen LogP contribution in [0.5, 0.6) is 0 Å². The first-order valence-electron chi connectivity index (χ1n) is 10.5. The lowest BCUT2D eigenvalue weighted by Gasteiger charge is -2.14. The highest BCUT2D eigenvalue weighted by Gasteiger charge is 2.11. The lowest BCUT2D eigenvalue weighted by atomic mass is 9.91. The number of esters is 1. The molecule has 0 radical (unpaired) electrons. The van der Waals surface area contributed by atoms with Crippen LogP contribution in [0.1, 0.15) is 28.8 Å². The van der Waals surface area contributed by atoms with Gasteiger partial charge in [0.2, 0.25) is 0 Å². The van der Waals surface area contributed by atoms with Gasteiger partial charge in [-0.15, -0.1) is 0 Å². The Morgan fingerprint density at radius 2 is 1.45 bits per heavy atom. The van der Waals surface area contributed by atoms with Gasteiger partial charge in [0.1, 0.15) is 0 Å². The minimum absolute atomic E-state index is 0.334. The molecule has 0 aliphatic rings. The Balaban J connectivity index is 1.26. The molecule has 5 rings (SSSR count). The molecule has 31 heavy (non-hydrogen) atoms. The molecule has 0 spiro atoms. The minimum Gasteiger partial charge on any atom is -0.462 e. The Labute approximate surface area is 181 Å². The van der Waals surface area contributed by atoms with Gasteiger partial charge in [-0.25, -0.2) is 9.64 Å². The molecule has 3 heteroatoms. The lowest BCUT2D eigenvalue weighted by Crippen LogP contribution is -2.06. The first-order valence-corrected chi connectivity index (χ1v) is 10.5. The summed E-state index contributed by atoms with van der Waals surface area (Å²) in [6.45, 7) is 7.37. The van der Waals surface area contributed by atoms with Gasteiger partial charge in [-0.3, -0.25) is 0 Å². The highest BCUT2D eigenvalue weighted by atomic mass is 16.5. The van der Waals surface area contributed by atoms with Crippen molar-refractivity contribution in [3.8, 4) is 0 Å². The zero-order chi connectivity index (χ0) is 21.2. The van der Waals surface area contributed by atoms with Crippen LogP contribution in [0.3, 0.4) is 0 Å². The third-order valence-corrected chi connectivity index (χ3v) is 5.92. The topological polar surface area (TPSA) is 30.7 Å². The highest BCUT2D eigenvalue weighted by Crippen LogP contribution is 2.36. The van der Waals surface area contributed by atoms with Crippen molar-refractivity contribution < 1.29 is 9.53 Å². The Morgan fingerprint density at radius 3 is 2.19 bits per heavy atom. The summed E-state index contributed by atoms with van der Waals surface area (Å²) in [6, 6.07) is 26.3. The van der Waals surface area contributed by atoms with Gasteiger partial charge in [0, 0.05) is 0 Å². The van der Waals surface area contributed by atoms with E-state index in [4.69, 9.17) is 11.3 Å². The molecule has 0 saturated heterocycles. The predicted molar refractivity (Wildman–Crippen MR) is 126 cm³/mol. The maximum Gasteiger partial charge on any atom is 0.338 e. The van der Waals surface area contributed by atoms with Crippen LogP contribution in [-0.2, 0) is 11.2 Å². The smallest absolute Gasteiger partial charge is 0.338 e. The van der Waals surface area contributed by atoms with E-state index in [1.165, 1.54) is 37.9 Å². The molecule has 0 heterocycles. The largest absolute Gasteiger partial charge is 0.462 e. The number of benzene rings is 5. The predicted octanol–water partition coefficient (Wildman–Crippen LogP) is 7.31. The third-order valence-electron chi connectivity index (χ3n) is 5.92. The molecule has 0 bridgehead atoms. The molecule has 0 aromatic heterocycles. The van der Waals surface area contributed by atoms with Crippen molar-refractivity contribution in [1.29, 1.82) is 0 Å². The number of aryl methyl sites for hydroxylation is 1. The maximum absolute atomic E-state index is 12.1. The van der Waals surface area contributed by atoms with Gasteiger partial charge in [0.25, 0.3) is 0 Å². The number of ether oxygens (including phenoxy) is 1. The summed E-state index contributed by atoms with van der Waals surface area (Å²) >= 11 is 0. The van der Waals surface area contributed by atoms with Crippen molar-refractivity contribution in [1.82, 2.24) is 0 Å². The molecule has 0 fully saturated rings. The van der Waals surface area contributed by atoms with Crippen LogP contribution in [-0.4, -0.2) is 12.6 Å². The van der Waals surface area contributed by atoms with Gasteiger partial charge in [0.15, 0.2) is 5.69 Å². The molecule has 0 atom stereocenters. The van der Waals surface area contributed by atoms with Crippen LogP contribution in [0.4, 0.5) is 5.69 Å². The monoisotopic (exact) mass is 403 g/mol.